The minimum atomic E-state index is 0.137. The van der Waals surface area contributed by atoms with Crippen molar-refractivity contribution in [2.45, 2.75) is 56.1 Å². The predicted octanol–water partition coefficient (Wildman–Crippen LogP) is 3.41. The lowest BCUT2D eigenvalue weighted by Gasteiger charge is -2.22. The maximum atomic E-state index is 7.73. The van der Waals surface area contributed by atoms with Gasteiger partial charge in [0.15, 0.2) is 0 Å². The van der Waals surface area contributed by atoms with E-state index in [2.05, 4.69) is 11.1 Å². The van der Waals surface area contributed by atoms with Crippen LogP contribution in [0.2, 0.25) is 0 Å². The number of aromatic nitrogens is 1. The van der Waals surface area contributed by atoms with Crippen molar-refractivity contribution in [2.75, 3.05) is 0 Å². The van der Waals surface area contributed by atoms with Gasteiger partial charge in [-0.05, 0) is 32.8 Å². The highest BCUT2D eigenvalue weighted by atomic mass is 32.2. The molecule has 18 heavy (non-hydrogen) atoms. The SMILES string of the molecule is Cc1cc(SC2CCCCC2)c(C(=N)N)c(C)n1. The lowest BCUT2D eigenvalue weighted by Crippen LogP contribution is -2.17. The van der Waals surface area contributed by atoms with Gasteiger partial charge < -0.3 is 5.73 Å². The van der Waals surface area contributed by atoms with Gasteiger partial charge in [0, 0.05) is 21.5 Å². The molecule has 0 radical (unpaired) electrons. The molecular formula is C14H21N3S. The van der Waals surface area contributed by atoms with Crippen LogP contribution in [0.15, 0.2) is 11.0 Å². The zero-order valence-electron chi connectivity index (χ0n) is 11.1. The first kappa shape index (κ1) is 13.4. The van der Waals surface area contributed by atoms with Gasteiger partial charge in [-0.15, -0.1) is 11.8 Å². The first-order valence-electron chi connectivity index (χ1n) is 6.57. The molecule has 0 saturated heterocycles. The van der Waals surface area contributed by atoms with Crippen LogP contribution in [0.5, 0.6) is 0 Å². The van der Waals surface area contributed by atoms with Crippen LogP contribution in [0.3, 0.4) is 0 Å². The van der Waals surface area contributed by atoms with Crippen LogP contribution in [0.25, 0.3) is 0 Å². The maximum absolute atomic E-state index is 7.73. The number of hydrogen-bond acceptors (Lipinski definition) is 3. The van der Waals surface area contributed by atoms with Gasteiger partial charge in [0.25, 0.3) is 0 Å². The molecule has 1 fully saturated rings. The third-order valence-electron chi connectivity index (χ3n) is 3.41. The van der Waals surface area contributed by atoms with Crippen molar-refractivity contribution in [3.63, 3.8) is 0 Å². The minimum absolute atomic E-state index is 0.137. The summed E-state index contributed by atoms with van der Waals surface area (Å²) in [6.45, 7) is 3.94. The van der Waals surface area contributed by atoms with Crippen LogP contribution in [-0.2, 0) is 0 Å². The topological polar surface area (TPSA) is 62.8 Å². The summed E-state index contributed by atoms with van der Waals surface area (Å²) >= 11 is 1.89. The van der Waals surface area contributed by atoms with Gasteiger partial charge in [0.05, 0.1) is 5.56 Å². The van der Waals surface area contributed by atoms with Gasteiger partial charge in [-0.25, -0.2) is 0 Å². The van der Waals surface area contributed by atoms with Crippen LogP contribution in [-0.4, -0.2) is 16.1 Å². The van der Waals surface area contributed by atoms with E-state index >= 15 is 0 Å². The standard InChI is InChI=1S/C14H21N3S/c1-9-8-12(13(14(15)16)10(2)17-9)18-11-6-4-3-5-7-11/h8,11H,3-7H2,1-2H3,(H3,15,16). The summed E-state index contributed by atoms with van der Waals surface area (Å²) in [5, 5.41) is 8.41. The van der Waals surface area contributed by atoms with Gasteiger partial charge in [-0.2, -0.15) is 0 Å². The number of nitrogens with zero attached hydrogens (tertiary/aromatic N) is 1. The van der Waals surface area contributed by atoms with Crippen molar-refractivity contribution in [1.29, 1.82) is 5.41 Å². The highest BCUT2D eigenvalue weighted by molar-refractivity contribution is 8.00. The van der Waals surface area contributed by atoms with Crippen molar-refractivity contribution in [3.8, 4) is 0 Å². The molecule has 98 valence electrons. The average molecular weight is 263 g/mol. The molecule has 1 aromatic rings. The van der Waals surface area contributed by atoms with E-state index < -0.39 is 0 Å². The lowest BCUT2D eigenvalue weighted by atomic mass is 10.0. The predicted molar refractivity (Wildman–Crippen MR) is 77.5 cm³/mol. The van der Waals surface area contributed by atoms with E-state index in [1.54, 1.807) is 0 Å². The minimum Gasteiger partial charge on any atom is -0.384 e. The number of nitrogens with one attached hydrogen (secondary N) is 1. The molecule has 0 spiro atoms. The van der Waals surface area contributed by atoms with Crippen molar-refractivity contribution in [2.24, 2.45) is 5.73 Å². The average Bonchev–Trinajstić information content (AvgIpc) is 2.28. The molecule has 1 aromatic heterocycles. The molecule has 0 aliphatic heterocycles. The molecule has 0 amide bonds. The Morgan fingerprint density at radius 3 is 2.61 bits per heavy atom. The summed E-state index contributed by atoms with van der Waals surface area (Å²) in [4.78, 5) is 5.55. The molecular weight excluding hydrogens is 242 g/mol. The molecule has 0 bridgehead atoms. The van der Waals surface area contributed by atoms with Crippen LogP contribution in [0.1, 0.15) is 49.1 Å². The van der Waals surface area contributed by atoms with Crippen LogP contribution in [0.4, 0.5) is 0 Å². The number of nitrogens with two attached hydrogens (primary N) is 1. The Hall–Kier alpha value is -1.03. The second-order valence-corrected chi connectivity index (χ2v) is 6.36. The smallest absolute Gasteiger partial charge is 0.125 e. The zero-order valence-corrected chi connectivity index (χ0v) is 11.9. The second-order valence-electron chi connectivity index (χ2n) is 5.01. The van der Waals surface area contributed by atoms with E-state index in [1.165, 1.54) is 32.1 Å². The number of rotatable bonds is 3. The van der Waals surface area contributed by atoms with Crippen LogP contribution >= 0.6 is 11.8 Å². The maximum Gasteiger partial charge on any atom is 0.125 e. The van der Waals surface area contributed by atoms with E-state index in [0.717, 1.165) is 21.8 Å². The molecule has 3 nitrogen and oxygen atoms in total. The van der Waals surface area contributed by atoms with E-state index in [-0.39, 0.29) is 5.84 Å². The van der Waals surface area contributed by atoms with Gasteiger partial charge in [0.2, 0.25) is 0 Å². The van der Waals surface area contributed by atoms with E-state index in [1.807, 2.05) is 25.6 Å². The Balaban J connectivity index is 2.27. The van der Waals surface area contributed by atoms with Crippen LogP contribution in [0, 0.1) is 19.3 Å². The third-order valence-corrected chi connectivity index (χ3v) is 4.79. The molecule has 0 atom stereocenters. The second kappa shape index (κ2) is 5.74. The Bertz CT molecular complexity index is 451. The molecule has 1 heterocycles. The molecule has 0 aromatic carbocycles. The number of aryl methyl sites for hydroxylation is 2. The van der Waals surface area contributed by atoms with Crippen molar-refractivity contribution >= 4 is 17.6 Å². The van der Waals surface area contributed by atoms with Crippen molar-refractivity contribution < 1.29 is 0 Å². The zero-order chi connectivity index (χ0) is 13.1. The number of pyridine rings is 1. The first-order chi connectivity index (χ1) is 8.58. The molecule has 0 unspecified atom stereocenters. The summed E-state index contributed by atoms with van der Waals surface area (Å²) in [5.41, 5.74) is 8.42. The van der Waals surface area contributed by atoms with Crippen molar-refractivity contribution in [3.05, 3.63) is 23.0 Å². The van der Waals surface area contributed by atoms with E-state index in [0.29, 0.717) is 5.25 Å². The number of nitrogen functional groups attached to an aromatic ring is 1. The molecule has 3 N–H and O–H groups in total. The Labute approximate surface area is 113 Å². The number of amidine groups is 1. The highest BCUT2D eigenvalue weighted by Crippen LogP contribution is 2.36. The normalized spacial score (nSPS) is 16.8. The quantitative estimate of drug-likeness (QED) is 0.649. The molecule has 1 saturated carbocycles. The van der Waals surface area contributed by atoms with Gasteiger partial charge in [-0.1, -0.05) is 19.3 Å². The summed E-state index contributed by atoms with van der Waals surface area (Å²) in [7, 11) is 0. The number of thioether (sulfide) groups is 1. The fourth-order valence-corrected chi connectivity index (χ4v) is 4.12. The van der Waals surface area contributed by atoms with E-state index in [4.69, 9.17) is 11.1 Å². The summed E-state index contributed by atoms with van der Waals surface area (Å²) in [6, 6.07) is 2.07. The Morgan fingerprint density at radius 1 is 1.33 bits per heavy atom. The van der Waals surface area contributed by atoms with Gasteiger partial charge >= 0.3 is 0 Å². The lowest BCUT2D eigenvalue weighted by molar-refractivity contribution is 0.516. The largest absolute Gasteiger partial charge is 0.384 e. The van der Waals surface area contributed by atoms with Gasteiger partial charge in [0.1, 0.15) is 5.84 Å². The summed E-state index contributed by atoms with van der Waals surface area (Å²) < 4.78 is 0. The molecule has 1 aliphatic carbocycles. The Morgan fingerprint density at radius 2 is 2.00 bits per heavy atom. The summed E-state index contributed by atoms with van der Waals surface area (Å²) in [6.07, 6.45) is 6.59. The van der Waals surface area contributed by atoms with Crippen molar-refractivity contribution in [1.82, 2.24) is 4.98 Å². The Kier molecular flexibility index (Phi) is 4.27. The fourth-order valence-electron chi connectivity index (χ4n) is 2.58. The molecule has 1 aliphatic rings. The third kappa shape index (κ3) is 3.05. The van der Waals surface area contributed by atoms with E-state index in [9.17, 15) is 0 Å². The first-order valence-corrected chi connectivity index (χ1v) is 7.45. The summed E-state index contributed by atoms with van der Waals surface area (Å²) in [5.74, 6) is 0.137. The molecule has 4 heteroatoms. The number of hydrogen-bond donors (Lipinski definition) is 2. The molecule has 2 rings (SSSR count). The van der Waals surface area contributed by atoms with Gasteiger partial charge in [-0.3, -0.25) is 10.4 Å². The fraction of sp³-hybridized carbons (Fsp3) is 0.571. The highest BCUT2D eigenvalue weighted by Gasteiger charge is 2.19. The monoisotopic (exact) mass is 263 g/mol. The van der Waals surface area contributed by atoms with Crippen LogP contribution < -0.4 is 5.73 Å².